The molecule has 0 atom stereocenters. The van der Waals surface area contributed by atoms with Gasteiger partial charge in [0, 0.05) is 0 Å². The second kappa shape index (κ2) is 18.9. The summed E-state index contributed by atoms with van der Waals surface area (Å²) in [6, 6.07) is 12.4. The van der Waals surface area contributed by atoms with E-state index in [0.29, 0.717) is 50.3 Å². The first-order valence-electron chi connectivity index (χ1n) is 19.1. The Kier molecular flexibility index (Phi) is 14.7. The van der Waals surface area contributed by atoms with E-state index in [2.05, 4.69) is 58.9 Å². The van der Waals surface area contributed by atoms with E-state index in [1.165, 1.54) is 0 Å². The van der Waals surface area contributed by atoms with E-state index < -0.39 is 5.41 Å². The first kappa shape index (κ1) is 38.9. The van der Waals surface area contributed by atoms with Crippen LogP contribution in [-0.2, 0) is 4.79 Å². The van der Waals surface area contributed by atoms with Gasteiger partial charge >= 0.3 is 5.97 Å². The van der Waals surface area contributed by atoms with Crippen molar-refractivity contribution in [3.63, 3.8) is 0 Å². The number of ether oxygens (including phenoxy) is 6. The minimum Gasteiger partial charge on any atom is -0.490 e. The monoisotopic (exact) mass is 688 g/mol. The molecular weight excluding hydrogens is 628 g/mol. The Hall–Kier alpha value is -3.87. The maximum absolute atomic E-state index is 13.3. The topological polar surface area (TPSA) is 72.5 Å². The summed E-state index contributed by atoms with van der Waals surface area (Å²) < 4.78 is 38.0. The predicted molar refractivity (Wildman–Crippen MR) is 206 cm³/mol. The van der Waals surface area contributed by atoms with Gasteiger partial charge < -0.3 is 28.4 Å². The highest BCUT2D eigenvalue weighted by molar-refractivity contribution is 6.27. The minimum absolute atomic E-state index is 0.321. The molecule has 0 N–H and O–H groups in total. The largest absolute Gasteiger partial charge is 0.490 e. The summed E-state index contributed by atoms with van der Waals surface area (Å²) in [5, 5.41) is 5.86. The van der Waals surface area contributed by atoms with Crippen LogP contribution in [0.4, 0.5) is 0 Å². The second-order valence-corrected chi connectivity index (χ2v) is 14.2. The normalized spacial score (nSPS) is 11.7. The van der Waals surface area contributed by atoms with Crippen molar-refractivity contribution >= 4 is 38.3 Å². The number of fused-ring (bicyclic) bond motifs is 6. The van der Waals surface area contributed by atoms with Crippen LogP contribution in [-0.4, -0.2) is 39.0 Å². The second-order valence-electron chi connectivity index (χ2n) is 14.2. The molecule has 0 spiro atoms. The van der Waals surface area contributed by atoms with Crippen molar-refractivity contribution < 1.29 is 33.2 Å². The molecule has 0 radical (unpaired) electrons. The lowest BCUT2D eigenvalue weighted by molar-refractivity contribution is -0.143. The van der Waals surface area contributed by atoms with Crippen LogP contribution in [0.5, 0.6) is 34.5 Å². The summed E-state index contributed by atoms with van der Waals surface area (Å²) in [7, 11) is 0. The van der Waals surface area contributed by atoms with Gasteiger partial charge in [0.25, 0.3) is 0 Å². The highest BCUT2D eigenvalue weighted by atomic mass is 16.6. The number of hydrogen-bond donors (Lipinski definition) is 0. The summed E-state index contributed by atoms with van der Waals surface area (Å²) >= 11 is 0. The number of esters is 1. The average molecular weight is 689 g/mol. The summed E-state index contributed by atoms with van der Waals surface area (Å²) in [6.07, 6.45) is 9.79. The van der Waals surface area contributed by atoms with Crippen LogP contribution < -0.4 is 28.4 Å². The third-order valence-electron chi connectivity index (χ3n) is 8.71. The molecule has 7 nitrogen and oxygen atoms in total. The number of rotatable bonds is 21. The van der Waals surface area contributed by atoms with E-state index in [1.807, 2.05) is 32.9 Å². The Morgan fingerprint density at radius 2 is 0.640 bits per heavy atom. The van der Waals surface area contributed by atoms with Crippen molar-refractivity contribution in [2.24, 2.45) is 5.41 Å². The summed E-state index contributed by atoms with van der Waals surface area (Å²) in [5.41, 5.74) is -0.689. The Morgan fingerprint density at radius 3 is 0.860 bits per heavy atom. The average Bonchev–Trinajstić information content (AvgIpc) is 3.09. The third kappa shape index (κ3) is 9.88. The third-order valence-corrected chi connectivity index (χ3v) is 8.71. The molecule has 0 unspecified atom stereocenters. The molecule has 0 saturated heterocycles. The fourth-order valence-electron chi connectivity index (χ4n) is 5.55. The number of benzene rings is 4. The Morgan fingerprint density at radius 1 is 0.420 bits per heavy atom. The molecule has 274 valence electrons. The fraction of sp³-hybridized carbons (Fsp3) is 0.558. The predicted octanol–water partition coefficient (Wildman–Crippen LogP) is 12.0. The molecule has 0 heterocycles. The quantitative estimate of drug-likeness (QED) is 0.0373. The van der Waals surface area contributed by atoms with Crippen molar-refractivity contribution in [3.05, 3.63) is 36.4 Å². The van der Waals surface area contributed by atoms with Gasteiger partial charge in [0.1, 0.15) is 0 Å². The Balaban J connectivity index is 2.10. The number of carbonyl (C=O) groups excluding carboxylic acids is 1. The molecule has 4 aromatic carbocycles. The van der Waals surface area contributed by atoms with Crippen LogP contribution in [0.2, 0.25) is 0 Å². The standard InChI is InChI=1S/C43H60O7/c1-9-14-19-45-36-24-30-31-25-37(46-20-15-10-2)39(48-22-17-12-4)27-33(31)35-29-41(50-42(44)43(6,7)8)40(49-23-18-13-5)28-34(35)32(30)26-38(36)47-21-16-11-3/h24-29H,9-23H2,1-8H3. The van der Waals surface area contributed by atoms with Gasteiger partial charge in [0.2, 0.25) is 0 Å². The van der Waals surface area contributed by atoms with E-state index in [4.69, 9.17) is 28.4 Å². The van der Waals surface area contributed by atoms with Crippen molar-refractivity contribution in [1.82, 2.24) is 0 Å². The zero-order valence-electron chi connectivity index (χ0n) is 31.9. The highest BCUT2D eigenvalue weighted by Crippen LogP contribution is 2.47. The van der Waals surface area contributed by atoms with Gasteiger partial charge in [-0.1, -0.05) is 66.7 Å². The van der Waals surface area contributed by atoms with E-state index in [9.17, 15) is 4.79 Å². The van der Waals surface area contributed by atoms with Gasteiger partial charge in [-0.2, -0.15) is 0 Å². The highest BCUT2D eigenvalue weighted by Gasteiger charge is 2.26. The van der Waals surface area contributed by atoms with Crippen LogP contribution >= 0.6 is 0 Å². The van der Waals surface area contributed by atoms with Crippen LogP contribution in [0.3, 0.4) is 0 Å². The van der Waals surface area contributed by atoms with Crippen molar-refractivity contribution in [1.29, 1.82) is 0 Å². The molecule has 0 aliphatic heterocycles. The maximum Gasteiger partial charge on any atom is 0.316 e. The van der Waals surface area contributed by atoms with Gasteiger partial charge in [-0.05, 0) is 122 Å². The first-order chi connectivity index (χ1) is 24.2. The van der Waals surface area contributed by atoms with Gasteiger partial charge in [0.15, 0.2) is 34.5 Å². The van der Waals surface area contributed by atoms with E-state index in [0.717, 1.165) is 114 Å². The lowest BCUT2D eigenvalue weighted by Gasteiger charge is -2.21. The SMILES string of the molecule is CCCCOc1cc2c3cc(OCCCC)c(OCCCC)cc3c3cc(OC(=O)C(C)(C)C)c(OCCCC)cc3c2cc1OCCCC. The Labute approximate surface area is 299 Å². The molecule has 0 aliphatic rings. The molecule has 7 heteroatoms. The van der Waals surface area contributed by atoms with E-state index >= 15 is 0 Å². The molecule has 0 saturated carbocycles. The van der Waals surface area contributed by atoms with Crippen LogP contribution in [0.15, 0.2) is 36.4 Å². The molecule has 0 aliphatic carbocycles. The van der Waals surface area contributed by atoms with Gasteiger partial charge in [-0.25, -0.2) is 0 Å². The number of carbonyl (C=O) groups is 1. The lowest BCUT2D eigenvalue weighted by Crippen LogP contribution is -2.25. The van der Waals surface area contributed by atoms with Crippen molar-refractivity contribution in [3.8, 4) is 34.5 Å². The Bertz CT molecular complexity index is 1660. The van der Waals surface area contributed by atoms with Crippen LogP contribution in [0.25, 0.3) is 32.3 Å². The van der Waals surface area contributed by atoms with Crippen LogP contribution in [0, 0.1) is 5.41 Å². The van der Waals surface area contributed by atoms with Crippen molar-refractivity contribution in [2.45, 2.75) is 120 Å². The summed E-state index contributed by atoms with van der Waals surface area (Å²) in [5.74, 6) is 3.51. The van der Waals surface area contributed by atoms with Gasteiger partial charge in [0.05, 0.1) is 38.4 Å². The first-order valence-corrected chi connectivity index (χ1v) is 19.1. The van der Waals surface area contributed by atoms with E-state index in [1.54, 1.807) is 0 Å². The molecule has 0 bridgehead atoms. The van der Waals surface area contributed by atoms with Crippen LogP contribution in [0.1, 0.15) is 120 Å². The molecule has 4 rings (SSSR count). The van der Waals surface area contributed by atoms with Crippen molar-refractivity contribution in [2.75, 3.05) is 33.0 Å². The summed E-state index contributed by atoms with van der Waals surface area (Å²) in [6.45, 7) is 19.3. The molecule has 50 heavy (non-hydrogen) atoms. The summed E-state index contributed by atoms with van der Waals surface area (Å²) in [4.78, 5) is 13.3. The molecule has 0 amide bonds. The molecule has 0 aromatic heterocycles. The zero-order chi connectivity index (χ0) is 36.1. The smallest absolute Gasteiger partial charge is 0.316 e. The lowest BCUT2D eigenvalue weighted by atomic mass is 9.92. The van der Waals surface area contributed by atoms with Gasteiger partial charge in [-0.3, -0.25) is 4.79 Å². The molecule has 4 aromatic rings. The maximum atomic E-state index is 13.3. The zero-order valence-corrected chi connectivity index (χ0v) is 31.9. The molecule has 0 fully saturated rings. The number of unbranched alkanes of at least 4 members (excludes halogenated alkanes) is 5. The van der Waals surface area contributed by atoms with E-state index in [-0.39, 0.29) is 5.97 Å². The number of hydrogen-bond acceptors (Lipinski definition) is 7. The fourth-order valence-corrected chi connectivity index (χ4v) is 5.55. The molecular formula is C43H60O7. The van der Waals surface area contributed by atoms with Gasteiger partial charge in [-0.15, -0.1) is 0 Å². The minimum atomic E-state index is -0.689.